The molecule has 0 aromatic heterocycles. The van der Waals surface area contributed by atoms with Crippen molar-refractivity contribution in [1.29, 1.82) is 0 Å². The molecule has 0 rings (SSSR count). The molecule has 0 atom stereocenters. The van der Waals surface area contributed by atoms with E-state index >= 15 is 0 Å². The zero-order valence-electron chi connectivity index (χ0n) is 7.58. The summed E-state index contributed by atoms with van der Waals surface area (Å²) in [7, 11) is 0. The molecule has 7 heteroatoms. The molecule has 80 valence electrons. The van der Waals surface area contributed by atoms with Crippen molar-refractivity contribution in [2.24, 2.45) is 5.73 Å². The second kappa shape index (κ2) is 6.70. The number of urea groups is 1. The average Bonchev–Trinajstić information content (AvgIpc) is 2.08. The minimum absolute atomic E-state index is 0.00387. The summed E-state index contributed by atoms with van der Waals surface area (Å²) < 4.78 is 0. The van der Waals surface area contributed by atoms with Gasteiger partial charge in [0.1, 0.15) is 0 Å². The Morgan fingerprint density at radius 3 is 2.36 bits per heavy atom. The minimum Gasteiger partial charge on any atom is -0.481 e. The third kappa shape index (κ3) is 8.31. The lowest BCUT2D eigenvalue weighted by Crippen LogP contribution is -2.40. The van der Waals surface area contributed by atoms with Gasteiger partial charge in [0.25, 0.3) is 0 Å². The fourth-order valence-electron chi connectivity index (χ4n) is 0.671. The average molecular weight is 203 g/mol. The Hall–Kier alpha value is -1.79. The first kappa shape index (κ1) is 12.2. The van der Waals surface area contributed by atoms with Gasteiger partial charge in [-0.3, -0.25) is 9.59 Å². The van der Waals surface area contributed by atoms with Crippen LogP contribution in [-0.4, -0.2) is 36.1 Å². The molecule has 0 aliphatic heterocycles. The van der Waals surface area contributed by atoms with Crippen molar-refractivity contribution >= 4 is 17.9 Å². The molecule has 0 aliphatic rings. The van der Waals surface area contributed by atoms with Crippen LogP contribution in [0.2, 0.25) is 0 Å². The number of carbonyl (C=O) groups excluding carboxylic acids is 2. The number of carboxylic acid groups (broad SMARTS) is 1. The molecule has 0 bridgehead atoms. The summed E-state index contributed by atoms with van der Waals surface area (Å²) in [4.78, 5) is 31.1. The van der Waals surface area contributed by atoms with Gasteiger partial charge >= 0.3 is 12.0 Å². The number of hydrogen-bond acceptors (Lipinski definition) is 3. The topological polar surface area (TPSA) is 122 Å². The van der Waals surface area contributed by atoms with Crippen molar-refractivity contribution in [2.45, 2.75) is 12.8 Å². The fraction of sp³-hybridized carbons (Fsp3) is 0.571. The van der Waals surface area contributed by atoms with E-state index in [0.717, 1.165) is 0 Å². The first-order chi connectivity index (χ1) is 6.52. The van der Waals surface area contributed by atoms with Crippen LogP contribution in [0.3, 0.4) is 0 Å². The number of carboxylic acids is 1. The minimum atomic E-state index is -0.913. The van der Waals surface area contributed by atoms with E-state index in [0.29, 0.717) is 6.42 Å². The van der Waals surface area contributed by atoms with Gasteiger partial charge in [-0.1, -0.05) is 0 Å². The number of aliphatic carboxylic acids is 1. The van der Waals surface area contributed by atoms with Gasteiger partial charge in [-0.15, -0.1) is 0 Å². The summed E-state index contributed by atoms with van der Waals surface area (Å²) in [6, 6.07) is -0.533. The van der Waals surface area contributed by atoms with Crippen LogP contribution in [0, 0.1) is 0 Å². The molecule has 7 nitrogen and oxygen atoms in total. The van der Waals surface area contributed by atoms with E-state index in [4.69, 9.17) is 10.8 Å². The monoisotopic (exact) mass is 203 g/mol. The van der Waals surface area contributed by atoms with Gasteiger partial charge in [-0.2, -0.15) is 0 Å². The maximum atomic E-state index is 10.8. The summed E-state index contributed by atoms with van der Waals surface area (Å²) >= 11 is 0. The molecule has 0 saturated heterocycles. The van der Waals surface area contributed by atoms with Crippen molar-refractivity contribution in [3.63, 3.8) is 0 Å². The van der Waals surface area contributed by atoms with Crippen LogP contribution in [0.25, 0.3) is 0 Å². The molecular weight excluding hydrogens is 190 g/mol. The van der Waals surface area contributed by atoms with Gasteiger partial charge in [-0.05, 0) is 6.42 Å². The van der Waals surface area contributed by atoms with E-state index in [9.17, 15) is 14.4 Å². The van der Waals surface area contributed by atoms with E-state index in [1.54, 1.807) is 0 Å². The van der Waals surface area contributed by atoms with E-state index in [2.05, 4.69) is 10.6 Å². The molecule has 0 aromatic carbocycles. The zero-order valence-corrected chi connectivity index (χ0v) is 7.58. The molecule has 0 fully saturated rings. The predicted molar refractivity (Wildman–Crippen MR) is 47.5 cm³/mol. The number of rotatable bonds is 6. The summed E-state index contributed by atoms with van der Waals surface area (Å²) in [5, 5.41) is 12.8. The summed E-state index contributed by atoms with van der Waals surface area (Å²) in [5.74, 6) is -1.55. The predicted octanol–water partition coefficient (Wildman–Crippen LogP) is -1.36. The largest absolute Gasteiger partial charge is 0.481 e. The normalized spacial score (nSPS) is 9.14. The Balaban J connectivity index is 3.36. The van der Waals surface area contributed by atoms with Gasteiger partial charge in [0.15, 0.2) is 0 Å². The van der Waals surface area contributed by atoms with Crippen molar-refractivity contribution in [2.75, 3.05) is 13.1 Å². The number of carbonyl (C=O) groups is 3. The van der Waals surface area contributed by atoms with Gasteiger partial charge < -0.3 is 21.5 Å². The van der Waals surface area contributed by atoms with Gasteiger partial charge in [0.2, 0.25) is 5.91 Å². The van der Waals surface area contributed by atoms with Crippen LogP contribution in [-0.2, 0) is 9.59 Å². The molecule has 0 aromatic rings. The fourth-order valence-corrected chi connectivity index (χ4v) is 0.671. The van der Waals surface area contributed by atoms with Crippen LogP contribution in [0.15, 0.2) is 0 Å². The zero-order chi connectivity index (χ0) is 11.0. The SMILES string of the molecule is NC(=O)CNC(=O)NCCCC(=O)O. The van der Waals surface area contributed by atoms with Gasteiger partial charge in [0, 0.05) is 13.0 Å². The van der Waals surface area contributed by atoms with Crippen LogP contribution >= 0.6 is 0 Å². The Morgan fingerprint density at radius 2 is 1.86 bits per heavy atom. The Morgan fingerprint density at radius 1 is 1.21 bits per heavy atom. The molecule has 14 heavy (non-hydrogen) atoms. The van der Waals surface area contributed by atoms with Crippen molar-refractivity contribution in [3.05, 3.63) is 0 Å². The Labute approximate surface area is 80.6 Å². The van der Waals surface area contributed by atoms with E-state index in [-0.39, 0.29) is 19.5 Å². The molecular formula is C7H13N3O4. The lowest BCUT2D eigenvalue weighted by molar-refractivity contribution is -0.137. The molecule has 0 saturated carbocycles. The number of nitrogens with two attached hydrogens (primary N) is 1. The standard InChI is InChI=1S/C7H13N3O4/c8-5(11)4-10-7(14)9-3-1-2-6(12)13/h1-4H2,(H2,8,11)(H,12,13)(H2,9,10,14). The number of primary amides is 1. The van der Waals surface area contributed by atoms with Crippen LogP contribution in [0.4, 0.5) is 4.79 Å². The Kier molecular flexibility index (Phi) is 5.84. The van der Waals surface area contributed by atoms with E-state index < -0.39 is 17.9 Å². The third-order valence-corrected chi connectivity index (χ3v) is 1.28. The van der Waals surface area contributed by atoms with Crippen LogP contribution in [0.5, 0.6) is 0 Å². The van der Waals surface area contributed by atoms with E-state index in [1.807, 2.05) is 0 Å². The smallest absolute Gasteiger partial charge is 0.315 e. The summed E-state index contributed by atoms with van der Waals surface area (Å²) in [6.45, 7) is 0.0155. The van der Waals surface area contributed by atoms with Crippen LogP contribution < -0.4 is 16.4 Å². The number of amides is 3. The number of nitrogens with one attached hydrogen (secondary N) is 2. The van der Waals surface area contributed by atoms with Crippen molar-refractivity contribution < 1.29 is 19.5 Å². The molecule has 0 aliphatic carbocycles. The first-order valence-electron chi connectivity index (χ1n) is 4.04. The van der Waals surface area contributed by atoms with Crippen molar-refractivity contribution in [3.8, 4) is 0 Å². The highest BCUT2D eigenvalue weighted by Crippen LogP contribution is 1.85. The van der Waals surface area contributed by atoms with E-state index in [1.165, 1.54) is 0 Å². The molecule has 5 N–H and O–H groups in total. The van der Waals surface area contributed by atoms with Gasteiger partial charge in [0.05, 0.1) is 6.54 Å². The molecule has 0 heterocycles. The highest BCUT2D eigenvalue weighted by Gasteiger charge is 2.01. The third-order valence-electron chi connectivity index (χ3n) is 1.28. The molecule has 0 spiro atoms. The summed E-state index contributed by atoms with van der Waals surface area (Å²) in [5.41, 5.74) is 4.78. The second-order valence-electron chi connectivity index (χ2n) is 2.57. The highest BCUT2D eigenvalue weighted by molar-refractivity contribution is 5.82. The van der Waals surface area contributed by atoms with Gasteiger partial charge in [-0.25, -0.2) is 4.79 Å². The lowest BCUT2D eigenvalue weighted by Gasteiger charge is -2.04. The lowest BCUT2D eigenvalue weighted by atomic mass is 10.3. The Bertz CT molecular complexity index is 229. The maximum absolute atomic E-state index is 10.8. The molecule has 3 amide bonds. The quantitative estimate of drug-likeness (QED) is 0.398. The maximum Gasteiger partial charge on any atom is 0.315 e. The van der Waals surface area contributed by atoms with Crippen LogP contribution in [0.1, 0.15) is 12.8 Å². The number of hydrogen-bond donors (Lipinski definition) is 4. The molecule has 0 radical (unpaired) electrons. The first-order valence-corrected chi connectivity index (χ1v) is 4.04. The highest BCUT2D eigenvalue weighted by atomic mass is 16.4. The second-order valence-corrected chi connectivity index (χ2v) is 2.57. The summed E-state index contributed by atoms with van der Waals surface area (Å²) in [6.07, 6.45) is 0.343. The van der Waals surface area contributed by atoms with Crippen molar-refractivity contribution in [1.82, 2.24) is 10.6 Å². The molecule has 0 unspecified atom stereocenters.